The van der Waals surface area contributed by atoms with Crippen LogP contribution in [-0.4, -0.2) is 26.8 Å². The highest BCUT2D eigenvalue weighted by molar-refractivity contribution is 7.09. The second-order valence-electron chi connectivity index (χ2n) is 6.38. The minimum absolute atomic E-state index is 0.0326. The van der Waals surface area contributed by atoms with Crippen molar-refractivity contribution in [1.82, 2.24) is 20.2 Å². The van der Waals surface area contributed by atoms with Gasteiger partial charge >= 0.3 is 0 Å². The number of hydrogen-bond acceptors (Lipinski definition) is 4. The van der Waals surface area contributed by atoms with E-state index in [4.69, 9.17) is 11.6 Å². The summed E-state index contributed by atoms with van der Waals surface area (Å²) in [7, 11) is 0. The fraction of sp³-hybridized carbons (Fsp3) is 0.263. The van der Waals surface area contributed by atoms with E-state index in [1.165, 1.54) is 4.88 Å². The molecule has 7 heteroatoms. The van der Waals surface area contributed by atoms with Crippen molar-refractivity contribution in [2.45, 2.75) is 32.1 Å². The largest absolute Gasteiger partial charge is 0.351 e. The Bertz CT molecular complexity index is 875. The monoisotopic (exact) mass is 386 g/mol. The maximum atomic E-state index is 12.9. The number of halogens is 1. The molecule has 1 atom stereocenters. The maximum Gasteiger partial charge on any atom is 0.238 e. The number of imidazole rings is 1. The number of hydrogen-bond donors (Lipinski definition) is 2. The quantitative estimate of drug-likeness (QED) is 0.706. The molecule has 3 heterocycles. The summed E-state index contributed by atoms with van der Waals surface area (Å²) in [5.74, 6) is 0.0326. The highest BCUT2D eigenvalue weighted by Crippen LogP contribution is 2.24. The van der Waals surface area contributed by atoms with Crippen molar-refractivity contribution >= 4 is 28.8 Å². The third-order valence-corrected chi connectivity index (χ3v) is 5.73. The number of thiophene rings is 1. The molecule has 0 fully saturated rings. The number of benzene rings is 1. The molecule has 0 bridgehead atoms. The van der Waals surface area contributed by atoms with Gasteiger partial charge in [0.25, 0.3) is 0 Å². The van der Waals surface area contributed by atoms with E-state index < -0.39 is 0 Å². The number of nitrogens with one attached hydrogen (secondary N) is 2. The van der Waals surface area contributed by atoms with Crippen molar-refractivity contribution in [3.63, 3.8) is 0 Å². The molecule has 0 unspecified atom stereocenters. The Kier molecular flexibility index (Phi) is 5.06. The van der Waals surface area contributed by atoms with Crippen LogP contribution in [-0.2, 0) is 30.8 Å². The average Bonchev–Trinajstić information content (AvgIpc) is 3.31. The van der Waals surface area contributed by atoms with Crippen LogP contribution in [0.5, 0.6) is 0 Å². The Hall–Kier alpha value is -2.15. The van der Waals surface area contributed by atoms with Gasteiger partial charge in [0.2, 0.25) is 5.91 Å². The molecule has 0 saturated heterocycles. The Morgan fingerprint density at radius 1 is 1.35 bits per heavy atom. The number of H-pyrrole nitrogens is 1. The van der Waals surface area contributed by atoms with Crippen molar-refractivity contribution in [3.05, 3.63) is 75.0 Å². The van der Waals surface area contributed by atoms with Crippen molar-refractivity contribution in [2.75, 3.05) is 0 Å². The van der Waals surface area contributed by atoms with Crippen molar-refractivity contribution in [3.8, 4) is 0 Å². The summed E-state index contributed by atoms with van der Waals surface area (Å²) in [6.07, 6.45) is 2.33. The van der Waals surface area contributed by atoms with Crippen LogP contribution in [0.15, 0.2) is 48.1 Å². The van der Waals surface area contributed by atoms with E-state index in [0.29, 0.717) is 24.5 Å². The topological polar surface area (TPSA) is 61.0 Å². The van der Waals surface area contributed by atoms with Gasteiger partial charge in [-0.05, 0) is 29.1 Å². The molecule has 0 spiro atoms. The summed E-state index contributed by atoms with van der Waals surface area (Å²) in [5.41, 5.74) is 3.12. The van der Waals surface area contributed by atoms with E-state index in [0.717, 1.165) is 23.5 Å². The second-order valence-corrected chi connectivity index (χ2v) is 7.85. The summed E-state index contributed by atoms with van der Waals surface area (Å²) >= 11 is 7.63. The average molecular weight is 387 g/mol. The summed E-state index contributed by atoms with van der Waals surface area (Å²) < 4.78 is 0. The highest BCUT2D eigenvalue weighted by atomic mass is 35.5. The second kappa shape index (κ2) is 7.61. The molecule has 1 aliphatic rings. The standard InChI is InChI=1S/C19H19ClN4OS/c20-14-5-3-13(4-6-14)9-21-19(25)18-8-16-17(23-12-22-16)11-24(18)10-15-2-1-7-26-15/h1-7,12,18H,8-11H2,(H,21,25)(H,22,23)/t18-/m0/s1. The number of aromatic amines is 1. The third-order valence-electron chi connectivity index (χ3n) is 4.62. The zero-order valence-corrected chi connectivity index (χ0v) is 15.7. The van der Waals surface area contributed by atoms with Gasteiger partial charge in [0, 0.05) is 36.0 Å². The minimum Gasteiger partial charge on any atom is -0.351 e. The maximum absolute atomic E-state index is 12.9. The molecule has 0 radical (unpaired) electrons. The van der Waals surface area contributed by atoms with Crippen LogP contribution < -0.4 is 5.32 Å². The first-order chi connectivity index (χ1) is 12.7. The van der Waals surface area contributed by atoms with E-state index >= 15 is 0 Å². The van der Waals surface area contributed by atoms with Crippen LogP contribution in [0.1, 0.15) is 21.8 Å². The van der Waals surface area contributed by atoms with Gasteiger partial charge in [-0.3, -0.25) is 9.69 Å². The molecular weight excluding hydrogens is 368 g/mol. The summed E-state index contributed by atoms with van der Waals surface area (Å²) in [5, 5.41) is 5.82. The smallest absolute Gasteiger partial charge is 0.238 e. The number of aromatic nitrogens is 2. The van der Waals surface area contributed by atoms with Gasteiger partial charge in [0.05, 0.1) is 23.8 Å². The van der Waals surface area contributed by atoms with Gasteiger partial charge in [0.15, 0.2) is 0 Å². The van der Waals surface area contributed by atoms with Crippen LogP contribution in [0.25, 0.3) is 0 Å². The van der Waals surface area contributed by atoms with Gasteiger partial charge < -0.3 is 10.3 Å². The van der Waals surface area contributed by atoms with Gasteiger partial charge in [-0.15, -0.1) is 11.3 Å². The highest BCUT2D eigenvalue weighted by Gasteiger charge is 2.33. The Morgan fingerprint density at radius 2 is 2.19 bits per heavy atom. The lowest BCUT2D eigenvalue weighted by atomic mass is 10.0. The van der Waals surface area contributed by atoms with Crippen LogP contribution in [0.2, 0.25) is 5.02 Å². The summed E-state index contributed by atoms with van der Waals surface area (Å²) in [6, 6.07) is 11.5. The zero-order chi connectivity index (χ0) is 17.9. The first-order valence-corrected chi connectivity index (χ1v) is 9.74. The molecule has 0 aliphatic carbocycles. The molecule has 4 rings (SSSR count). The Morgan fingerprint density at radius 3 is 2.96 bits per heavy atom. The fourth-order valence-electron chi connectivity index (χ4n) is 3.22. The van der Waals surface area contributed by atoms with Gasteiger partial charge in [0.1, 0.15) is 0 Å². The molecule has 134 valence electrons. The summed E-state index contributed by atoms with van der Waals surface area (Å²) in [4.78, 5) is 23.9. The van der Waals surface area contributed by atoms with Gasteiger partial charge in [-0.25, -0.2) is 4.98 Å². The van der Waals surface area contributed by atoms with Gasteiger partial charge in [-0.1, -0.05) is 29.8 Å². The van der Waals surface area contributed by atoms with Crippen molar-refractivity contribution in [1.29, 1.82) is 0 Å². The molecule has 1 aliphatic heterocycles. The number of fused-ring (bicyclic) bond motifs is 1. The SMILES string of the molecule is O=C(NCc1ccc(Cl)cc1)[C@@H]1Cc2nc[nH]c2CN1Cc1cccs1. The Balaban J connectivity index is 1.47. The number of nitrogens with zero attached hydrogens (tertiary/aromatic N) is 2. The van der Waals surface area contributed by atoms with Crippen molar-refractivity contribution < 1.29 is 4.79 Å². The van der Waals surface area contributed by atoms with Crippen LogP contribution in [0, 0.1) is 0 Å². The molecule has 26 heavy (non-hydrogen) atoms. The van der Waals surface area contributed by atoms with E-state index in [1.54, 1.807) is 17.7 Å². The lowest BCUT2D eigenvalue weighted by Gasteiger charge is -2.33. The number of rotatable bonds is 5. The molecule has 1 aromatic carbocycles. The van der Waals surface area contributed by atoms with Crippen LogP contribution in [0.3, 0.4) is 0 Å². The molecule has 5 nitrogen and oxygen atoms in total. The normalized spacial score (nSPS) is 17.0. The van der Waals surface area contributed by atoms with E-state index in [1.807, 2.05) is 30.3 Å². The first-order valence-electron chi connectivity index (χ1n) is 8.49. The van der Waals surface area contributed by atoms with E-state index in [2.05, 4.69) is 31.6 Å². The minimum atomic E-state index is -0.222. The fourth-order valence-corrected chi connectivity index (χ4v) is 4.08. The van der Waals surface area contributed by atoms with Crippen LogP contribution >= 0.6 is 22.9 Å². The number of carbonyl (C=O) groups excluding carboxylic acids is 1. The van der Waals surface area contributed by atoms with E-state index in [9.17, 15) is 4.79 Å². The Labute approximate surface area is 161 Å². The molecule has 2 N–H and O–H groups in total. The molecule has 3 aromatic rings. The molecular formula is C19H19ClN4OS. The third kappa shape index (κ3) is 3.82. The van der Waals surface area contributed by atoms with Gasteiger partial charge in [-0.2, -0.15) is 0 Å². The lowest BCUT2D eigenvalue weighted by Crippen LogP contribution is -2.49. The number of carbonyl (C=O) groups is 1. The van der Waals surface area contributed by atoms with Crippen molar-refractivity contribution in [2.24, 2.45) is 0 Å². The number of amides is 1. The van der Waals surface area contributed by atoms with Crippen LogP contribution in [0.4, 0.5) is 0 Å². The molecule has 2 aromatic heterocycles. The predicted molar refractivity (Wildman–Crippen MR) is 103 cm³/mol. The molecule has 0 saturated carbocycles. The van der Waals surface area contributed by atoms with E-state index in [-0.39, 0.29) is 11.9 Å². The predicted octanol–water partition coefficient (Wildman–Crippen LogP) is 3.37. The summed E-state index contributed by atoms with van der Waals surface area (Å²) in [6.45, 7) is 1.95. The lowest BCUT2D eigenvalue weighted by molar-refractivity contribution is -0.127. The zero-order valence-electron chi connectivity index (χ0n) is 14.1. The molecule has 1 amide bonds. The first kappa shape index (κ1) is 17.3.